The Bertz CT molecular complexity index is 472. The maximum atomic E-state index is 12.7. The Morgan fingerprint density at radius 2 is 2.26 bits per heavy atom. The Labute approximate surface area is 114 Å². The van der Waals surface area contributed by atoms with Crippen molar-refractivity contribution in [3.05, 3.63) is 11.4 Å². The van der Waals surface area contributed by atoms with Gasteiger partial charge in [0.15, 0.2) is 0 Å². The molecule has 5 heteroatoms. The highest BCUT2D eigenvalue weighted by atomic mass is 16.2. The Hall–Kier alpha value is -1.36. The summed E-state index contributed by atoms with van der Waals surface area (Å²) < 4.78 is 1.81. The van der Waals surface area contributed by atoms with Crippen molar-refractivity contribution < 1.29 is 4.79 Å². The molecule has 0 saturated carbocycles. The Morgan fingerprint density at radius 1 is 1.53 bits per heavy atom. The van der Waals surface area contributed by atoms with Crippen molar-refractivity contribution in [1.29, 1.82) is 0 Å². The highest BCUT2D eigenvalue weighted by molar-refractivity contribution is 5.96. The van der Waals surface area contributed by atoms with E-state index < -0.39 is 0 Å². The van der Waals surface area contributed by atoms with Gasteiger partial charge in [-0.3, -0.25) is 9.48 Å². The molecular weight excluding hydrogens is 240 g/mol. The van der Waals surface area contributed by atoms with Gasteiger partial charge in [-0.1, -0.05) is 13.3 Å². The fourth-order valence-corrected chi connectivity index (χ4v) is 2.94. The molecule has 0 aliphatic carbocycles. The molecule has 1 amide bonds. The van der Waals surface area contributed by atoms with Gasteiger partial charge >= 0.3 is 0 Å². The molecule has 1 unspecified atom stereocenters. The van der Waals surface area contributed by atoms with Crippen LogP contribution in [-0.4, -0.2) is 28.8 Å². The Kier molecular flexibility index (Phi) is 3.94. The van der Waals surface area contributed by atoms with Gasteiger partial charge in [-0.15, -0.1) is 0 Å². The monoisotopic (exact) mass is 264 g/mol. The highest BCUT2D eigenvalue weighted by Gasteiger charge is 2.40. The van der Waals surface area contributed by atoms with Crippen LogP contribution in [0.3, 0.4) is 0 Å². The van der Waals surface area contributed by atoms with Gasteiger partial charge in [0.05, 0.1) is 22.5 Å². The zero-order valence-corrected chi connectivity index (χ0v) is 12.3. The lowest BCUT2D eigenvalue weighted by Crippen LogP contribution is -2.38. The van der Waals surface area contributed by atoms with E-state index in [1.807, 2.05) is 25.6 Å². The third-order valence-corrected chi connectivity index (χ3v) is 4.20. The van der Waals surface area contributed by atoms with Crippen LogP contribution in [0, 0.1) is 19.3 Å². The fourth-order valence-electron chi connectivity index (χ4n) is 2.94. The summed E-state index contributed by atoms with van der Waals surface area (Å²) in [5.74, 6) is 0.138. The predicted molar refractivity (Wildman–Crippen MR) is 76.1 cm³/mol. The number of aryl methyl sites for hydroxylation is 2. The van der Waals surface area contributed by atoms with Crippen molar-refractivity contribution in [3.63, 3.8) is 0 Å². The second kappa shape index (κ2) is 5.33. The Balaban J connectivity index is 2.20. The number of hydrogen-bond acceptors (Lipinski definition) is 3. The zero-order valence-electron chi connectivity index (χ0n) is 12.3. The van der Waals surface area contributed by atoms with Crippen LogP contribution < -0.4 is 10.6 Å². The number of aromatic nitrogens is 2. The van der Waals surface area contributed by atoms with Gasteiger partial charge in [-0.2, -0.15) is 5.10 Å². The maximum Gasteiger partial charge on any atom is 0.232 e. The quantitative estimate of drug-likeness (QED) is 0.871. The van der Waals surface area contributed by atoms with Crippen LogP contribution in [0.15, 0.2) is 0 Å². The van der Waals surface area contributed by atoms with E-state index >= 15 is 0 Å². The first-order chi connectivity index (χ1) is 9.00. The molecular formula is C14H24N4O. The van der Waals surface area contributed by atoms with Gasteiger partial charge in [-0.25, -0.2) is 0 Å². The van der Waals surface area contributed by atoms with E-state index in [4.69, 9.17) is 0 Å². The second-order valence-corrected chi connectivity index (χ2v) is 5.58. The second-order valence-electron chi connectivity index (χ2n) is 5.58. The van der Waals surface area contributed by atoms with E-state index in [2.05, 4.69) is 22.7 Å². The van der Waals surface area contributed by atoms with Crippen molar-refractivity contribution in [2.24, 2.45) is 12.5 Å². The summed E-state index contributed by atoms with van der Waals surface area (Å²) in [6, 6.07) is 0. The largest absolute Gasteiger partial charge is 0.322 e. The molecule has 5 nitrogen and oxygen atoms in total. The minimum absolute atomic E-state index is 0.138. The van der Waals surface area contributed by atoms with E-state index in [0.717, 1.165) is 49.4 Å². The fraction of sp³-hybridized carbons (Fsp3) is 0.714. The summed E-state index contributed by atoms with van der Waals surface area (Å²) >= 11 is 0. The van der Waals surface area contributed by atoms with E-state index in [0.29, 0.717) is 0 Å². The molecule has 2 heterocycles. The third-order valence-electron chi connectivity index (χ3n) is 4.20. The van der Waals surface area contributed by atoms with Gasteiger partial charge in [0.2, 0.25) is 5.91 Å². The van der Waals surface area contributed by atoms with Crippen molar-refractivity contribution in [1.82, 2.24) is 15.1 Å². The van der Waals surface area contributed by atoms with E-state index in [-0.39, 0.29) is 11.3 Å². The third kappa shape index (κ3) is 2.52. The van der Waals surface area contributed by atoms with Crippen LogP contribution in [0.5, 0.6) is 0 Å². The lowest BCUT2D eigenvalue weighted by Gasteiger charge is -2.26. The molecule has 1 aliphatic heterocycles. The van der Waals surface area contributed by atoms with E-state index in [1.54, 1.807) is 0 Å². The molecule has 1 aromatic heterocycles. The predicted octanol–water partition coefficient (Wildman–Crippen LogP) is 1.76. The van der Waals surface area contributed by atoms with E-state index in [9.17, 15) is 4.79 Å². The van der Waals surface area contributed by atoms with Gasteiger partial charge in [-0.05, 0) is 33.2 Å². The molecule has 19 heavy (non-hydrogen) atoms. The molecule has 0 radical (unpaired) electrons. The first-order valence-corrected chi connectivity index (χ1v) is 7.02. The molecule has 0 aromatic carbocycles. The molecule has 2 rings (SSSR count). The molecule has 0 bridgehead atoms. The van der Waals surface area contributed by atoms with Crippen molar-refractivity contribution in [2.75, 3.05) is 18.4 Å². The Morgan fingerprint density at radius 3 is 2.74 bits per heavy atom. The number of rotatable bonds is 4. The smallest absolute Gasteiger partial charge is 0.232 e. The summed E-state index contributed by atoms with van der Waals surface area (Å²) in [4.78, 5) is 12.7. The summed E-state index contributed by atoms with van der Waals surface area (Å²) in [6.45, 7) is 7.76. The maximum absolute atomic E-state index is 12.7. The summed E-state index contributed by atoms with van der Waals surface area (Å²) in [5, 5.41) is 10.8. The molecule has 106 valence electrons. The van der Waals surface area contributed by atoms with Crippen molar-refractivity contribution in [3.8, 4) is 0 Å². The number of nitrogens with one attached hydrogen (secondary N) is 2. The number of anilines is 1. The van der Waals surface area contributed by atoms with Crippen LogP contribution in [0.1, 0.15) is 37.6 Å². The minimum atomic E-state index is -0.247. The molecule has 1 aliphatic rings. The number of carbonyl (C=O) groups excluding carboxylic acids is 1. The summed E-state index contributed by atoms with van der Waals surface area (Å²) in [5.41, 5.74) is 2.51. The molecule has 1 aromatic rings. The summed E-state index contributed by atoms with van der Waals surface area (Å²) in [6.07, 6.45) is 2.88. The van der Waals surface area contributed by atoms with Crippen molar-refractivity contribution >= 4 is 11.6 Å². The van der Waals surface area contributed by atoms with E-state index in [1.165, 1.54) is 0 Å². The lowest BCUT2D eigenvalue weighted by molar-refractivity contribution is -0.125. The molecule has 0 spiro atoms. The van der Waals surface area contributed by atoms with Crippen molar-refractivity contribution in [2.45, 2.75) is 40.0 Å². The van der Waals surface area contributed by atoms with Gasteiger partial charge in [0.1, 0.15) is 0 Å². The standard InChI is InChI=1S/C14H24N4O/c1-5-6-14(7-8-15-9-14)13(19)16-12-10(2)17-18(4)11(12)3/h15H,5-9H2,1-4H3,(H,16,19). The lowest BCUT2D eigenvalue weighted by atomic mass is 9.81. The molecule has 1 saturated heterocycles. The van der Waals surface area contributed by atoms with Crippen LogP contribution >= 0.6 is 0 Å². The first kappa shape index (κ1) is 14.1. The average molecular weight is 264 g/mol. The normalized spacial score (nSPS) is 22.7. The van der Waals surface area contributed by atoms with Crippen LogP contribution in [0.4, 0.5) is 5.69 Å². The zero-order chi connectivity index (χ0) is 14.0. The molecule has 1 fully saturated rings. The number of hydrogen-bond donors (Lipinski definition) is 2. The number of carbonyl (C=O) groups is 1. The summed E-state index contributed by atoms with van der Waals surface area (Å²) in [7, 11) is 1.90. The van der Waals surface area contributed by atoms with Gasteiger partial charge < -0.3 is 10.6 Å². The van der Waals surface area contributed by atoms with Gasteiger partial charge in [0, 0.05) is 13.6 Å². The minimum Gasteiger partial charge on any atom is -0.322 e. The van der Waals surface area contributed by atoms with Crippen LogP contribution in [0.2, 0.25) is 0 Å². The number of nitrogens with zero attached hydrogens (tertiary/aromatic N) is 2. The van der Waals surface area contributed by atoms with Crippen LogP contribution in [0.25, 0.3) is 0 Å². The highest BCUT2D eigenvalue weighted by Crippen LogP contribution is 2.33. The first-order valence-electron chi connectivity index (χ1n) is 7.02. The van der Waals surface area contributed by atoms with Crippen LogP contribution in [-0.2, 0) is 11.8 Å². The average Bonchev–Trinajstić information content (AvgIpc) is 2.92. The topological polar surface area (TPSA) is 59.0 Å². The SMILES string of the molecule is CCCC1(C(=O)Nc2c(C)nn(C)c2C)CCNC1. The van der Waals surface area contributed by atoms with Gasteiger partial charge in [0.25, 0.3) is 0 Å². The molecule has 1 atom stereocenters. The molecule has 2 N–H and O–H groups in total. The number of amides is 1.